The topological polar surface area (TPSA) is 76.0 Å². The van der Waals surface area contributed by atoms with E-state index in [0.717, 1.165) is 18.1 Å². The van der Waals surface area contributed by atoms with E-state index in [9.17, 15) is 19.1 Å². The Hall–Kier alpha value is -3.77. The Balaban J connectivity index is 1.77. The van der Waals surface area contributed by atoms with Gasteiger partial charge in [0.25, 0.3) is 0 Å². The molecule has 1 aliphatic rings. The summed E-state index contributed by atoms with van der Waals surface area (Å²) in [6.07, 6.45) is 5.77. The van der Waals surface area contributed by atoms with Crippen LogP contribution in [0, 0.1) is 5.82 Å². The number of benzene rings is 3. The smallest absolute Gasteiger partial charge is 0.335 e. The summed E-state index contributed by atoms with van der Waals surface area (Å²) in [4.78, 5) is 29.4. The van der Waals surface area contributed by atoms with E-state index in [1.807, 2.05) is 25.1 Å². The molecule has 1 unspecified atom stereocenters. The molecule has 0 fully saturated rings. The molecule has 0 radical (unpaired) electrons. The molecule has 0 aromatic heterocycles. The van der Waals surface area contributed by atoms with Crippen molar-refractivity contribution in [3.63, 3.8) is 0 Å². The summed E-state index contributed by atoms with van der Waals surface area (Å²) in [6.45, 7) is 2.47. The van der Waals surface area contributed by atoms with Gasteiger partial charge >= 0.3 is 5.97 Å². The van der Waals surface area contributed by atoms with Gasteiger partial charge in [0, 0.05) is 17.7 Å². The quantitative estimate of drug-likeness (QED) is 0.349. The number of rotatable bonds is 9. The van der Waals surface area contributed by atoms with E-state index in [1.165, 1.54) is 24.4 Å². The molecule has 0 aliphatic carbocycles. The van der Waals surface area contributed by atoms with Gasteiger partial charge in [0.1, 0.15) is 17.1 Å². The lowest BCUT2D eigenvalue weighted by molar-refractivity contribution is 0.0696. The number of carboxylic acid groups (broad SMARTS) is 1. The van der Waals surface area contributed by atoms with Gasteiger partial charge in [-0.15, -0.1) is 0 Å². The molecule has 0 spiro atoms. The van der Waals surface area contributed by atoms with Crippen molar-refractivity contribution in [3.05, 3.63) is 100 Å². The lowest BCUT2D eigenvalue weighted by Crippen LogP contribution is -2.36. The highest BCUT2D eigenvalue weighted by atomic mass is 35.5. The Morgan fingerprint density at radius 3 is 2.57 bits per heavy atom. The first-order chi connectivity index (χ1) is 16.8. The van der Waals surface area contributed by atoms with Gasteiger partial charge < -0.3 is 9.84 Å². The summed E-state index contributed by atoms with van der Waals surface area (Å²) in [5.74, 6) is -1.63. The number of carboxylic acids is 1. The maximum absolute atomic E-state index is 14.6. The van der Waals surface area contributed by atoms with Crippen LogP contribution in [0.1, 0.15) is 39.6 Å². The van der Waals surface area contributed by atoms with Crippen LogP contribution in [0.5, 0.6) is 5.75 Å². The molecule has 0 saturated heterocycles. The standard InChI is InChI=1S/C28H23ClFNO4/c1-2-13-35-25-10-7-19(18-5-3-6-20(14-18)27(33)34)15-21(25)17-28(11-4-12-31-28)26(32)23-9-8-22(29)16-24(23)30/h3-12,14-16H,2,13,17H2,1H3,(H,33,34). The van der Waals surface area contributed by atoms with Gasteiger partial charge in [0.2, 0.25) is 0 Å². The minimum Gasteiger partial charge on any atom is -0.493 e. The predicted molar refractivity (Wildman–Crippen MR) is 134 cm³/mol. The van der Waals surface area contributed by atoms with E-state index >= 15 is 0 Å². The minimum atomic E-state index is -1.35. The summed E-state index contributed by atoms with van der Waals surface area (Å²) in [5, 5.41) is 9.56. The first-order valence-corrected chi connectivity index (χ1v) is 11.5. The molecule has 5 nitrogen and oxygen atoms in total. The fourth-order valence-electron chi connectivity index (χ4n) is 4.02. The van der Waals surface area contributed by atoms with Gasteiger partial charge in [-0.2, -0.15) is 0 Å². The number of nitrogens with zero attached hydrogens (tertiary/aromatic N) is 1. The SMILES string of the molecule is CCCOc1ccc(-c2cccc(C(=O)O)c2)cc1CC1(C(=O)c2ccc(Cl)cc2F)C=CC=N1. The maximum atomic E-state index is 14.6. The van der Waals surface area contributed by atoms with E-state index in [0.29, 0.717) is 23.5 Å². The van der Waals surface area contributed by atoms with Gasteiger partial charge in [-0.1, -0.05) is 36.7 Å². The van der Waals surface area contributed by atoms with Crippen LogP contribution in [0.15, 0.2) is 77.8 Å². The second kappa shape index (κ2) is 10.2. The number of carbonyl (C=O) groups is 2. The number of hydrogen-bond acceptors (Lipinski definition) is 4. The summed E-state index contributed by atoms with van der Waals surface area (Å²) in [7, 11) is 0. The van der Waals surface area contributed by atoms with Crippen LogP contribution in [-0.4, -0.2) is 35.2 Å². The number of aromatic carboxylic acids is 1. The number of aliphatic imine (C=N–C) groups is 1. The third kappa shape index (κ3) is 5.17. The molecule has 3 aromatic carbocycles. The molecule has 1 atom stereocenters. The number of hydrogen-bond donors (Lipinski definition) is 1. The van der Waals surface area contributed by atoms with Crippen molar-refractivity contribution < 1.29 is 23.8 Å². The highest BCUT2D eigenvalue weighted by Gasteiger charge is 2.39. The van der Waals surface area contributed by atoms with Crippen LogP contribution in [0.2, 0.25) is 5.02 Å². The lowest BCUT2D eigenvalue weighted by atomic mass is 9.83. The molecule has 178 valence electrons. The van der Waals surface area contributed by atoms with Gasteiger partial charge in [-0.3, -0.25) is 9.79 Å². The Morgan fingerprint density at radius 1 is 1.09 bits per heavy atom. The van der Waals surface area contributed by atoms with Crippen molar-refractivity contribution in [2.45, 2.75) is 25.3 Å². The van der Waals surface area contributed by atoms with Crippen molar-refractivity contribution >= 4 is 29.6 Å². The van der Waals surface area contributed by atoms with E-state index in [-0.39, 0.29) is 22.6 Å². The van der Waals surface area contributed by atoms with Gasteiger partial charge in [-0.25, -0.2) is 9.18 Å². The lowest BCUT2D eigenvalue weighted by Gasteiger charge is -2.25. The van der Waals surface area contributed by atoms with Crippen LogP contribution in [-0.2, 0) is 6.42 Å². The van der Waals surface area contributed by atoms with Crippen LogP contribution in [0.3, 0.4) is 0 Å². The summed E-state index contributed by atoms with van der Waals surface area (Å²) in [6, 6.07) is 16.1. The Labute approximate surface area is 207 Å². The number of allylic oxidation sites excluding steroid dienone is 1. The first kappa shape index (κ1) is 24.4. The average molecular weight is 492 g/mol. The minimum absolute atomic E-state index is 0.0977. The van der Waals surface area contributed by atoms with Gasteiger partial charge in [-0.05, 0) is 77.7 Å². The monoisotopic (exact) mass is 491 g/mol. The van der Waals surface area contributed by atoms with E-state index in [2.05, 4.69) is 4.99 Å². The molecule has 35 heavy (non-hydrogen) atoms. The van der Waals surface area contributed by atoms with Crippen molar-refractivity contribution in [1.29, 1.82) is 0 Å². The Kier molecular flexibility index (Phi) is 7.12. The zero-order valence-corrected chi connectivity index (χ0v) is 19.8. The fourth-order valence-corrected chi connectivity index (χ4v) is 4.18. The van der Waals surface area contributed by atoms with Crippen LogP contribution in [0.4, 0.5) is 4.39 Å². The molecule has 0 bridgehead atoms. The van der Waals surface area contributed by atoms with Crippen LogP contribution >= 0.6 is 11.6 Å². The zero-order valence-electron chi connectivity index (χ0n) is 19.0. The number of ether oxygens (including phenoxy) is 1. The van der Waals surface area contributed by atoms with Crippen LogP contribution in [0.25, 0.3) is 11.1 Å². The van der Waals surface area contributed by atoms with E-state index < -0.39 is 23.1 Å². The molecule has 7 heteroatoms. The Morgan fingerprint density at radius 2 is 1.89 bits per heavy atom. The molecule has 4 rings (SSSR count). The van der Waals surface area contributed by atoms with Gasteiger partial charge in [0.05, 0.1) is 17.7 Å². The number of Topliss-reactive ketones (excluding diaryl/α,β-unsaturated/α-hetero) is 1. The van der Waals surface area contributed by atoms with Gasteiger partial charge in [0.15, 0.2) is 5.78 Å². The van der Waals surface area contributed by atoms with E-state index in [4.69, 9.17) is 16.3 Å². The molecular formula is C28H23ClFNO4. The molecule has 0 amide bonds. The average Bonchev–Trinajstić information content (AvgIpc) is 3.32. The summed E-state index contributed by atoms with van der Waals surface area (Å²) in [5.41, 5.74) is 0.896. The highest BCUT2D eigenvalue weighted by molar-refractivity contribution is 6.30. The third-order valence-corrected chi connectivity index (χ3v) is 5.99. The molecular weight excluding hydrogens is 469 g/mol. The molecule has 1 heterocycles. The third-order valence-electron chi connectivity index (χ3n) is 5.76. The predicted octanol–water partition coefficient (Wildman–Crippen LogP) is 6.44. The van der Waals surface area contributed by atoms with Crippen LogP contribution < -0.4 is 4.74 Å². The van der Waals surface area contributed by atoms with E-state index in [1.54, 1.807) is 30.4 Å². The Bertz CT molecular complexity index is 1340. The zero-order chi connectivity index (χ0) is 25.0. The second-order valence-corrected chi connectivity index (χ2v) is 8.68. The van der Waals surface area contributed by atoms with Crippen molar-refractivity contribution in [2.24, 2.45) is 4.99 Å². The molecule has 3 aromatic rings. The summed E-state index contributed by atoms with van der Waals surface area (Å²) < 4.78 is 20.6. The first-order valence-electron chi connectivity index (χ1n) is 11.2. The maximum Gasteiger partial charge on any atom is 0.335 e. The largest absolute Gasteiger partial charge is 0.493 e. The number of carbonyl (C=O) groups excluding carboxylic acids is 1. The molecule has 1 N–H and O–H groups in total. The number of halogens is 2. The normalized spacial score (nSPS) is 16.4. The van der Waals surface area contributed by atoms with Crippen molar-refractivity contribution in [1.82, 2.24) is 0 Å². The number of ketones is 1. The summed E-state index contributed by atoms with van der Waals surface area (Å²) >= 11 is 5.87. The van der Waals surface area contributed by atoms with Crippen molar-refractivity contribution in [2.75, 3.05) is 6.61 Å². The second-order valence-electron chi connectivity index (χ2n) is 8.25. The molecule has 1 aliphatic heterocycles. The fraction of sp³-hybridized carbons (Fsp3) is 0.179. The van der Waals surface area contributed by atoms with Crippen molar-refractivity contribution in [3.8, 4) is 16.9 Å². The highest BCUT2D eigenvalue weighted by Crippen LogP contribution is 2.35. The molecule has 0 saturated carbocycles.